The predicted molar refractivity (Wildman–Crippen MR) is 50.0 cm³/mol. The summed E-state index contributed by atoms with van der Waals surface area (Å²) in [6.07, 6.45) is 3.44. The van der Waals surface area contributed by atoms with Gasteiger partial charge in [-0.1, -0.05) is 15.9 Å². The van der Waals surface area contributed by atoms with Crippen LogP contribution in [0.1, 0.15) is 5.56 Å². The van der Waals surface area contributed by atoms with Gasteiger partial charge < -0.3 is 0 Å². The van der Waals surface area contributed by atoms with Crippen molar-refractivity contribution >= 4 is 37.5 Å². The lowest BCUT2D eigenvalue weighted by molar-refractivity contribution is 1.23. The van der Waals surface area contributed by atoms with Gasteiger partial charge in [0, 0.05) is 16.9 Å². The number of alkyl halides is 1. The van der Waals surface area contributed by atoms with E-state index in [0.29, 0.717) is 0 Å². The Labute approximate surface area is 76.4 Å². The fourth-order valence-corrected chi connectivity index (χ4v) is 2.49. The van der Waals surface area contributed by atoms with Crippen LogP contribution in [0.15, 0.2) is 17.9 Å². The maximum absolute atomic E-state index is 4.14. The van der Waals surface area contributed by atoms with Gasteiger partial charge in [0.2, 0.25) is 0 Å². The second kappa shape index (κ2) is 2.87. The summed E-state index contributed by atoms with van der Waals surface area (Å²) in [5.74, 6) is 0. The Kier molecular flexibility index (Phi) is 1.87. The fraction of sp³-hybridized carbons (Fsp3) is 0.143. The van der Waals surface area contributed by atoms with Crippen LogP contribution in [-0.4, -0.2) is 9.97 Å². The first-order valence-electron chi connectivity index (χ1n) is 3.14. The summed E-state index contributed by atoms with van der Waals surface area (Å²) in [7, 11) is 0. The van der Waals surface area contributed by atoms with E-state index in [1.54, 1.807) is 17.7 Å². The Balaban J connectivity index is 2.76. The highest BCUT2D eigenvalue weighted by Crippen LogP contribution is 2.24. The number of fused-ring (bicyclic) bond motifs is 1. The molecule has 0 N–H and O–H groups in total. The molecule has 0 saturated carbocycles. The molecule has 0 aliphatic heterocycles. The predicted octanol–water partition coefficient (Wildman–Crippen LogP) is 2.59. The van der Waals surface area contributed by atoms with Gasteiger partial charge in [-0.15, -0.1) is 11.3 Å². The van der Waals surface area contributed by atoms with Crippen LogP contribution in [0.25, 0.3) is 10.2 Å². The van der Waals surface area contributed by atoms with Crippen LogP contribution < -0.4 is 0 Å². The molecule has 2 aromatic heterocycles. The molecular formula is C7H5BrN2S. The van der Waals surface area contributed by atoms with E-state index in [9.17, 15) is 0 Å². The van der Waals surface area contributed by atoms with Gasteiger partial charge in [-0.05, 0) is 10.9 Å². The van der Waals surface area contributed by atoms with E-state index in [4.69, 9.17) is 0 Å². The number of aromatic nitrogens is 2. The Morgan fingerprint density at radius 2 is 2.45 bits per heavy atom. The smallest absolute Gasteiger partial charge is 0.126 e. The van der Waals surface area contributed by atoms with E-state index in [0.717, 1.165) is 15.5 Å². The molecule has 0 amide bonds. The third-order valence-electron chi connectivity index (χ3n) is 1.48. The molecule has 2 heterocycles. The molecule has 0 spiro atoms. The summed E-state index contributed by atoms with van der Waals surface area (Å²) in [6.45, 7) is 0. The zero-order chi connectivity index (χ0) is 7.68. The topological polar surface area (TPSA) is 25.8 Å². The molecule has 0 aliphatic rings. The first-order valence-corrected chi connectivity index (χ1v) is 5.14. The lowest BCUT2D eigenvalue weighted by Gasteiger charge is -1.88. The molecule has 0 fully saturated rings. The van der Waals surface area contributed by atoms with E-state index in [1.807, 2.05) is 6.20 Å². The largest absolute Gasteiger partial charge is 0.244 e. The molecule has 56 valence electrons. The van der Waals surface area contributed by atoms with Crippen molar-refractivity contribution in [2.24, 2.45) is 0 Å². The van der Waals surface area contributed by atoms with Crippen LogP contribution in [0.2, 0.25) is 0 Å². The number of thiophene rings is 1. The van der Waals surface area contributed by atoms with Crippen molar-refractivity contribution in [2.75, 3.05) is 0 Å². The summed E-state index contributed by atoms with van der Waals surface area (Å²) in [6, 6.07) is 0. The van der Waals surface area contributed by atoms with Crippen molar-refractivity contribution in [3.63, 3.8) is 0 Å². The van der Waals surface area contributed by atoms with Crippen LogP contribution in [0, 0.1) is 0 Å². The van der Waals surface area contributed by atoms with Gasteiger partial charge in [-0.3, -0.25) is 0 Å². The van der Waals surface area contributed by atoms with E-state index in [-0.39, 0.29) is 0 Å². The van der Waals surface area contributed by atoms with Gasteiger partial charge in [0.15, 0.2) is 0 Å². The van der Waals surface area contributed by atoms with Crippen LogP contribution in [-0.2, 0) is 5.33 Å². The average molecular weight is 229 g/mol. The van der Waals surface area contributed by atoms with Crippen molar-refractivity contribution in [3.8, 4) is 0 Å². The van der Waals surface area contributed by atoms with Crippen molar-refractivity contribution < 1.29 is 0 Å². The van der Waals surface area contributed by atoms with Crippen molar-refractivity contribution in [1.82, 2.24) is 9.97 Å². The van der Waals surface area contributed by atoms with Crippen LogP contribution in [0.3, 0.4) is 0 Å². The molecule has 0 aliphatic carbocycles. The fourth-order valence-electron chi connectivity index (χ4n) is 0.926. The highest BCUT2D eigenvalue weighted by molar-refractivity contribution is 9.08. The molecule has 0 bridgehead atoms. The minimum atomic E-state index is 0.875. The standard InChI is InChI=1S/C7H5BrN2S/c8-1-5-3-11-7-6(5)2-9-4-10-7/h2-4H,1H2. The van der Waals surface area contributed by atoms with Crippen molar-refractivity contribution in [2.45, 2.75) is 5.33 Å². The Hall–Kier alpha value is -0.480. The SMILES string of the molecule is BrCc1csc2ncncc12. The third kappa shape index (κ3) is 1.16. The van der Waals surface area contributed by atoms with E-state index in [2.05, 4.69) is 31.3 Å². The molecule has 0 radical (unpaired) electrons. The number of nitrogens with zero attached hydrogens (tertiary/aromatic N) is 2. The molecule has 4 heteroatoms. The maximum atomic E-state index is 4.14. The zero-order valence-corrected chi connectivity index (χ0v) is 8.02. The van der Waals surface area contributed by atoms with Crippen LogP contribution >= 0.6 is 27.3 Å². The zero-order valence-electron chi connectivity index (χ0n) is 5.62. The lowest BCUT2D eigenvalue weighted by atomic mass is 10.3. The van der Waals surface area contributed by atoms with E-state index in [1.165, 1.54) is 5.56 Å². The summed E-state index contributed by atoms with van der Waals surface area (Å²) < 4.78 is 0. The van der Waals surface area contributed by atoms with Crippen LogP contribution in [0.5, 0.6) is 0 Å². The second-order valence-corrected chi connectivity index (χ2v) is 3.55. The van der Waals surface area contributed by atoms with Crippen LogP contribution in [0.4, 0.5) is 0 Å². The summed E-state index contributed by atoms with van der Waals surface area (Å²) in [4.78, 5) is 9.17. The maximum Gasteiger partial charge on any atom is 0.126 e. The monoisotopic (exact) mass is 228 g/mol. The van der Waals surface area contributed by atoms with Gasteiger partial charge >= 0.3 is 0 Å². The molecule has 0 aromatic carbocycles. The Morgan fingerprint density at radius 3 is 3.27 bits per heavy atom. The minimum Gasteiger partial charge on any atom is -0.244 e. The number of hydrogen-bond donors (Lipinski definition) is 0. The molecule has 0 saturated heterocycles. The van der Waals surface area contributed by atoms with Crippen molar-refractivity contribution in [3.05, 3.63) is 23.5 Å². The van der Waals surface area contributed by atoms with E-state index >= 15 is 0 Å². The summed E-state index contributed by atoms with van der Waals surface area (Å²) >= 11 is 5.07. The number of rotatable bonds is 1. The Morgan fingerprint density at radius 1 is 1.55 bits per heavy atom. The van der Waals surface area contributed by atoms with Gasteiger partial charge in [0.1, 0.15) is 11.2 Å². The summed E-state index contributed by atoms with van der Waals surface area (Å²) in [5.41, 5.74) is 1.27. The number of hydrogen-bond acceptors (Lipinski definition) is 3. The first kappa shape index (κ1) is 7.18. The molecular weight excluding hydrogens is 224 g/mol. The molecule has 0 atom stereocenters. The third-order valence-corrected chi connectivity index (χ3v) is 3.03. The number of halogens is 1. The highest BCUT2D eigenvalue weighted by atomic mass is 79.9. The summed E-state index contributed by atoms with van der Waals surface area (Å²) in [5, 5.41) is 4.14. The van der Waals surface area contributed by atoms with Gasteiger partial charge in [0.05, 0.1) is 0 Å². The first-order chi connectivity index (χ1) is 5.42. The second-order valence-electron chi connectivity index (χ2n) is 2.14. The molecule has 2 aromatic rings. The lowest BCUT2D eigenvalue weighted by Crippen LogP contribution is -1.77. The van der Waals surface area contributed by atoms with Crippen molar-refractivity contribution in [1.29, 1.82) is 0 Å². The van der Waals surface area contributed by atoms with Gasteiger partial charge in [-0.25, -0.2) is 9.97 Å². The molecule has 11 heavy (non-hydrogen) atoms. The molecule has 2 rings (SSSR count). The molecule has 0 unspecified atom stereocenters. The Bertz CT molecular complexity index is 371. The van der Waals surface area contributed by atoms with E-state index < -0.39 is 0 Å². The minimum absolute atomic E-state index is 0.875. The normalized spacial score (nSPS) is 10.6. The average Bonchev–Trinajstić information content (AvgIpc) is 2.47. The van der Waals surface area contributed by atoms with Gasteiger partial charge in [-0.2, -0.15) is 0 Å². The quantitative estimate of drug-likeness (QED) is 0.702. The van der Waals surface area contributed by atoms with Gasteiger partial charge in [0.25, 0.3) is 0 Å². The molecule has 2 nitrogen and oxygen atoms in total. The highest BCUT2D eigenvalue weighted by Gasteiger charge is 2.01.